The Kier molecular flexibility index (Phi) is 2.93. The Labute approximate surface area is 70.6 Å². The minimum Gasteiger partial charge on any atom is -0.339 e. The number of nitrogens with zero attached hydrogens (tertiary/aromatic N) is 2. The van der Waals surface area contributed by atoms with E-state index >= 15 is 0 Å². The second-order valence-corrected chi connectivity index (χ2v) is 3.50. The van der Waals surface area contributed by atoms with Crippen molar-refractivity contribution in [3.63, 3.8) is 0 Å². The Bertz CT molecular complexity index is 222. The van der Waals surface area contributed by atoms with Crippen molar-refractivity contribution in [1.29, 1.82) is 0 Å². The van der Waals surface area contributed by atoms with Crippen LogP contribution in [0.25, 0.3) is 0 Å². The molecule has 0 saturated carbocycles. The summed E-state index contributed by atoms with van der Waals surface area (Å²) in [5, 5.41) is 3.82. The van der Waals surface area contributed by atoms with Crippen molar-refractivity contribution in [2.75, 3.05) is 6.26 Å². The molecule has 1 aromatic rings. The summed E-state index contributed by atoms with van der Waals surface area (Å²) >= 11 is 1.69. The van der Waals surface area contributed by atoms with Crippen LogP contribution in [0.3, 0.4) is 0 Å². The van der Waals surface area contributed by atoms with Crippen LogP contribution in [0, 0.1) is 0 Å². The predicted molar refractivity (Wildman–Crippen MR) is 45.6 cm³/mol. The van der Waals surface area contributed by atoms with E-state index in [1.165, 1.54) is 0 Å². The molecule has 62 valence electrons. The molecule has 0 unspecified atom stereocenters. The van der Waals surface area contributed by atoms with Crippen molar-refractivity contribution >= 4 is 11.8 Å². The van der Waals surface area contributed by atoms with Crippen molar-refractivity contribution in [3.8, 4) is 0 Å². The first-order valence-corrected chi connectivity index (χ1v) is 4.95. The summed E-state index contributed by atoms with van der Waals surface area (Å²) in [5.41, 5.74) is 0. The second-order valence-electron chi connectivity index (χ2n) is 2.64. The number of rotatable bonds is 3. The van der Waals surface area contributed by atoms with Crippen molar-refractivity contribution < 1.29 is 4.52 Å². The molecule has 0 bridgehead atoms. The maximum atomic E-state index is 5.00. The lowest BCUT2D eigenvalue weighted by Crippen LogP contribution is -1.87. The van der Waals surface area contributed by atoms with Gasteiger partial charge in [0.1, 0.15) is 0 Å². The summed E-state index contributed by atoms with van der Waals surface area (Å²) in [5.74, 6) is 2.68. The first kappa shape index (κ1) is 8.59. The van der Waals surface area contributed by atoms with Gasteiger partial charge >= 0.3 is 0 Å². The van der Waals surface area contributed by atoms with Gasteiger partial charge in [0.2, 0.25) is 5.89 Å². The molecule has 0 aromatic carbocycles. The molecule has 11 heavy (non-hydrogen) atoms. The van der Waals surface area contributed by atoms with Gasteiger partial charge in [0, 0.05) is 5.92 Å². The zero-order valence-electron chi connectivity index (χ0n) is 7.00. The van der Waals surface area contributed by atoms with Crippen LogP contribution >= 0.6 is 11.8 Å². The van der Waals surface area contributed by atoms with Gasteiger partial charge in [-0.3, -0.25) is 0 Å². The fourth-order valence-corrected chi connectivity index (χ4v) is 1.07. The van der Waals surface area contributed by atoms with Crippen LogP contribution in [0.15, 0.2) is 4.52 Å². The molecule has 0 aliphatic heterocycles. The van der Waals surface area contributed by atoms with E-state index in [4.69, 9.17) is 4.52 Å². The minimum atomic E-state index is 0.332. The Morgan fingerprint density at radius 3 is 2.73 bits per heavy atom. The molecular formula is C7H12N2OS. The standard InChI is InChI=1S/C7H12N2OS/c1-5(2)7-8-6(4-11-3)9-10-7/h5H,4H2,1-3H3. The summed E-state index contributed by atoms with van der Waals surface area (Å²) < 4.78 is 5.00. The van der Waals surface area contributed by atoms with Crippen LogP contribution in [0.4, 0.5) is 0 Å². The van der Waals surface area contributed by atoms with E-state index in [0.29, 0.717) is 5.92 Å². The quantitative estimate of drug-likeness (QED) is 0.699. The summed E-state index contributed by atoms with van der Waals surface area (Å²) in [6.07, 6.45) is 2.02. The van der Waals surface area contributed by atoms with Crippen LogP contribution in [0.2, 0.25) is 0 Å². The lowest BCUT2D eigenvalue weighted by molar-refractivity contribution is 0.362. The van der Waals surface area contributed by atoms with E-state index in [9.17, 15) is 0 Å². The van der Waals surface area contributed by atoms with Crippen molar-refractivity contribution in [1.82, 2.24) is 10.1 Å². The number of hydrogen-bond donors (Lipinski definition) is 0. The maximum absolute atomic E-state index is 5.00. The molecule has 0 atom stereocenters. The third-order valence-corrected chi connectivity index (χ3v) is 1.80. The van der Waals surface area contributed by atoms with Crippen LogP contribution in [0.5, 0.6) is 0 Å². The Morgan fingerprint density at radius 1 is 1.55 bits per heavy atom. The van der Waals surface area contributed by atoms with Crippen LogP contribution in [-0.2, 0) is 5.75 Å². The SMILES string of the molecule is CSCc1noc(C(C)C)n1. The fraction of sp³-hybridized carbons (Fsp3) is 0.714. The van der Waals surface area contributed by atoms with Crippen molar-refractivity contribution in [3.05, 3.63) is 11.7 Å². The molecule has 0 aliphatic rings. The van der Waals surface area contributed by atoms with Crippen LogP contribution in [0.1, 0.15) is 31.5 Å². The van der Waals surface area contributed by atoms with E-state index < -0.39 is 0 Å². The van der Waals surface area contributed by atoms with Crippen LogP contribution < -0.4 is 0 Å². The molecule has 4 heteroatoms. The third kappa shape index (κ3) is 2.22. The highest BCUT2D eigenvalue weighted by atomic mass is 32.2. The zero-order valence-corrected chi connectivity index (χ0v) is 7.81. The topological polar surface area (TPSA) is 38.9 Å². The van der Waals surface area contributed by atoms with Gasteiger partial charge in [-0.15, -0.1) is 0 Å². The average molecular weight is 172 g/mol. The smallest absolute Gasteiger partial charge is 0.229 e. The highest BCUT2D eigenvalue weighted by Gasteiger charge is 2.08. The van der Waals surface area contributed by atoms with Gasteiger partial charge in [0.15, 0.2) is 5.82 Å². The van der Waals surface area contributed by atoms with E-state index in [-0.39, 0.29) is 0 Å². The second kappa shape index (κ2) is 3.76. The Hall–Kier alpha value is -0.510. The predicted octanol–water partition coefficient (Wildman–Crippen LogP) is 2.06. The van der Waals surface area contributed by atoms with Gasteiger partial charge in [-0.1, -0.05) is 19.0 Å². The van der Waals surface area contributed by atoms with E-state index in [1.807, 2.05) is 20.1 Å². The summed E-state index contributed by atoms with van der Waals surface area (Å²) in [6.45, 7) is 4.08. The van der Waals surface area contributed by atoms with Gasteiger partial charge in [0.25, 0.3) is 0 Å². The van der Waals surface area contributed by atoms with Crippen molar-refractivity contribution in [2.24, 2.45) is 0 Å². The first-order chi connectivity index (χ1) is 5.24. The highest BCUT2D eigenvalue weighted by molar-refractivity contribution is 7.97. The Balaban J connectivity index is 2.66. The molecule has 3 nitrogen and oxygen atoms in total. The van der Waals surface area contributed by atoms with Gasteiger partial charge in [-0.2, -0.15) is 16.7 Å². The zero-order chi connectivity index (χ0) is 8.27. The third-order valence-electron chi connectivity index (χ3n) is 1.25. The van der Waals surface area contributed by atoms with Gasteiger partial charge in [-0.25, -0.2) is 0 Å². The van der Waals surface area contributed by atoms with Crippen molar-refractivity contribution in [2.45, 2.75) is 25.5 Å². The number of hydrogen-bond acceptors (Lipinski definition) is 4. The monoisotopic (exact) mass is 172 g/mol. The van der Waals surface area contributed by atoms with Gasteiger partial charge in [-0.05, 0) is 6.26 Å². The van der Waals surface area contributed by atoms with E-state index in [2.05, 4.69) is 10.1 Å². The average Bonchev–Trinajstić information content (AvgIpc) is 2.37. The minimum absolute atomic E-state index is 0.332. The maximum Gasteiger partial charge on any atom is 0.229 e. The first-order valence-electron chi connectivity index (χ1n) is 3.55. The summed E-state index contributed by atoms with van der Waals surface area (Å²) in [4.78, 5) is 4.20. The summed E-state index contributed by atoms with van der Waals surface area (Å²) in [6, 6.07) is 0. The van der Waals surface area contributed by atoms with Gasteiger partial charge in [0.05, 0.1) is 5.75 Å². The molecule has 0 amide bonds. The normalized spacial score (nSPS) is 10.9. The summed E-state index contributed by atoms with van der Waals surface area (Å²) in [7, 11) is 0. The highest BCUT2D eigenvalue weighted by Crippen LogP contribution is 2.12. The molecule has 0 radical (unpaired) electrons. The molecule has 0 saturated heterocycles. The molecular weight excluding hydrogens is 160 g/mol. The Morgan fingerprint density at radius 2 is 2.27 bits per heavy atom. The molecule has 0 aliphatic carbocycles. The molecule has 1 heterocycles. The molecule has 1 aromatic heterocycles. The van der Waals surface area contributed by atoms with E-state index in [1.54, 1.807) is 11.8 Å². The number of aromatic nitrogens is 2. The lowest BCUT2D eigenvalue weighted by atomic mass is 10.2. The van der Waals surface area contributed by atoms with Crippen LogP contribution in [-0.4, -0.2) is 16.4 Å². The lowest BCUT2D eigenvalue weighted by Gasteiger charge is -1.91. The molecule has 0 fully saturated rings. The fourth-order valence-electron chi connectivity index (χ4n) is 0.690. The molecule has 0 N–H and O–H groups in total. The molecule has 0 spiro atoms. The number of thioether (sulfide) groups is 1. The largest absolute Gasteiger partial charge is 0.339 e. The van der Waals surface area contributed by atoms with Gasteiger partial charge < -0.3 is 4.52 Å². The van der Waals surface area contributed by atoms with E-state index in [0.717, 1.165) is 17.5 Å². The molecule has 1 rings (SSSR count).